The second-order valence-electron chi connectivity index (χ2n) is 5.15. The molecular formula is C14H23NO2. The summed E-state index contributed by atoms with van der Waals surface area (Å²) in [5.41, 5.74) is 0.630. The summed E-state index contributed by atoms with van der Waals surface area (Å²) in [5.74, 6) is 0.887. The van der Waals surface area contributed by atoms with Crippen LogP contribution < -0.4 is 4.74 Å². The maximum atomic E-state index is 9.67. The van der Waals surface area contributed by atoms with Gasteiger partial charge in [-0.2, -0.15) is 0 Å². The molecule has 1 N–H and O–H groups in total. The standard InChI is InChI=1S/C14H23NO2/c1-14(2,16)8-9-15(3)11-12-6-5-7-13(10-12)17-4/h5-7,10,16H,8-9,11H2,1-4H3. The number of hydrogen-bond donors (Lipinski definition) is 1. The SMILES string of the molecule is COc1cccc(CN(C)CCC(C)(C)O)c1. The summed E-state index contributed by atoms with van der Waals surface area (Å²) in [6.07, 6.45) is 0.771. The van der Waals surface area contributed by atoms with E-state index in [-0.39, 0.29) is 0 Å². The second kappa shape index (κ2) is 6.03. The van der Waals surface area contributed by atoms with Crippen molar-refractivity contribution in [2.75, 3.05) is 20.7 Å². The van der Waals surface area contributed by atoms with E-state index in [4.69, 9.17) is 4.74 Å². The molecule has 1 aromatic rings. The predicted octanol–water partition coefficient (Wildman–Crippen LogP) is 2.29. The van der Waals surface area contributed by atoms with E-state index >= 15 is 0 Å². The van der Waals surface area contributed by atoms with Crippen LogP contribution in [0.2, 0.25) is 0 Å². The molecule has 0 unspecified atom stereocenters. The number of hydrogen-bond acceptors (Lipinski definition) is 3. The number of benzene rings is 1. The number of aliphatic hydroxyl groups is 1. The zero-order valence-corrected chi connectivity index (χ0v) is 11.2. The maximum Gasteiger partial charge on any atom is 0.119 e. The van der Waals surface area contributed by atoms with Gasteiger partial charge < -0.3 is 14.7 Å². The Hall–Kier alpha value is -1.06. The molecule has 0 aliphatic heterocycles. The van der Waals surface area contributed by atoms with Crippen LogP contribution in [0.15, 0.2) is 24.3 Å². The number of ether oxygens (including phenoxy) is 1. The van der Waals surface area contributed by atoms with Crippen molar-refractivity contribution in [3.05, 3.63) is 29.8 Å². The quantitative estimate of drug-likeness (QED) is 0.824. The smallest absolute Gasteiger partial charge is 0.119 e. The Morgan fingerprint density at radius 2 is 2.06 bits per heavy atom. The van der Waals surface area contributed by atoms with Crippen LogP contribution in [-0.2, 0) is 6.54 Å². The zero-order chi connectivity index (χ0) is 12.9. The highest BCUT2D eigenvalue weighted by atomic mass is 16.5. The van der Waals surface area contributed by atoms with Crippen LogP contribution in [0.1, 0.15) is 25.8 Å². The molecule has 0 saturated carbocycles. The predicted molar refractivity (Wildman–Crippen MR) is 70.2 cm³/mol. The van der Waals surface area contributed by atoms with Crippen molar-refractivity contribution in [2.45, 2.75) is 32.4 Å². The summed E-state index contributed by atoms with van der Waals surface area (Å²) >= 11 is 0. The second-order valence-corrected chi connectivity index (χ2v) is 5.15. The Labute approximate surface area is 104 Å². The van der Waals surface area contributed by atoms with Crippen LogP contribution in [-0.4, -0.2) is 36.3 Å². The average Bonchev–Trinajstić information content (AvgIpc) is 2.26. The normalized spacial score (nSPS) is 11.9. The van der Waals surface area contributed by atoms with Gasteiger partial charge in [-0.25, -0.2) is 0 Å². The Bertz CT molecular complexity index is 344. The molecule has 0 atom stereocenters. The molecule has 1 rings (SSSR count). The third-order valence-corrected chi connectivity index (χ3v) is 2.69. The summed E-state index contributed by atoms with van der Waals surface area (Å²) in [5, 5.41) is 9.67. The highest BCUT2D eigenvalue weighted by Gasteiger charge is 2.13. The molecule has 0 amide bonds. The third-order valence-electron chi connectivity index (χ3n) is 2.69. The maximum absolute atomic E-state index is 9.67. The van der Waals surface area contributed by atoms with Crippen molar-refractivity contribution in [3.63, 3.8) is 0 Å². The molecule has 0 bridgehead atoms. The molecule has 0 saturated heterocycles. The molecule has 0 radical (unpaired) electrons. The molecular weight excluding hydrogens is 214 g/mol. The summed E-state index contributed by atoms with van der Waals surface area (Å²) in [7, 11) is 3.74. The first-order valence-corrected chi connectivity index (χ1v) is 5.94. The minimum Gasteiger partial charge on any atom is -0.497 e. The Balaban J connectivity index is 2.47. The van der Waals surface area contributed by atoms with Crippen LogP contribution in [0.25, 0.3) is 0 Å². The fourth-order valence-corrected chi connectivity index (χ4v) is 1.63. The number of nitrogens with zero attached hydrogens (tertiary/aromatic N) is 1. The van der Waals surface area contributed by atoms with Crippen molar-refractivity contribution in [3.8, 4) is 5.75 Å². The number of rotatable bonds is 6. The minimum absolute atomic E-state index is 0.595. The van der Waals surface area contributed by atoms with Crippen molar-refractivity contribution in [1.82, 2.24) is 4.90 Å². The van der Waals surface area contributed by atoms with E-state index in [1.54, 1.807) is 7.11 Å². The van der Waals surface area contributed by atoms with E-state index in [1.807, 2.05) is 32.0 Å². The van der Waals surface area contributed by atoms with E-state index in [9.17, 15) is 5.11 Å². The molecule has 0 heterocycles. The van der Waals surface area contributed by atoms with Crippen LogP contribution >= 0.6 is 0 Å². The van der Waals surface area contributed by atoms with Gasteiger partial charge in [0.25, 0.3) is 0 Å². The van der Waals surface area contributed by atoms with E-state index in [0.717, 1.165) is 25.3 Å². The van der Waals surface area contributed by atoms with Crippen molar-refractivity contribution in [2.24, 2.45) is 0 Å². The van der Waals surface area contributed by atoms with Gasteiger partial charge in [0.2, 0.25) is 0 Å². The lowest BCUT2D eigenvalue weighted by atomic mass is 10.1. The van der Waals surface area contributed by atoms with Crippen LogP contribution in [0, 0.1) is 0 Å². The Kier molecular flexibility index (Phi) is 4.97. The lowest BCUT2D eigenvalue weighted by Crippen LogP contribution is -2.28. The summed E-state index contributed by atoms with van der Waals surface area (Å²) in [6.45, 7) is 5.42. The monoisotopic (exact) mass is 237 g/mol. The summed E-state index contributed by atoms with van der Waals surface area (Å²) in [6, 6.07) is 8.07. The highest BCUT2D eigenvalue weighted by molar-refractivity contribution is 5.28. The Morgan fingerprint density at radius 3 is 2.65 bits per heavy atom. The molecule has 0 fully saturated rings. The van der Waals surface area contributed by atoms with Gasteiger partial charge in [-0.1, -0.05) is 12.1 Å². The molecule has 3 nitrogen and oxygen atoms in total. The van der Waals surface area contributed by atoms with Gasteiger partial charge in [0, 0.05) is 13.1 Å². The van der Waals surface area contributed by atoms with Gasteiger partial charge in [0.1, 0.15) is 5.75 Å². The van der Waals surface area contributed by atoms with Gasteiger partial charge in [0.05, 0.1) is 12.7 Å². The van der Waals surface area contributed by atoms with Gasteiger partial charge in [-0.15, -0.1) is 0 Å². The molecule has 96 valence electrons. The van der Waals surface area contributed by atoms with E-state index in [1.165, 1.54) is 5.56 Å². The van der Waals surface area contributed by atoms with Gasteiger partial charge in [-0.05, 0) is 45.0 Å². The molecule has 0 spiro atoms. The fourth-order valence-electron chi connectivity index (χ4n) is 1.63. The van der Waals surface area contributed by atoms with Crippen molar-refractivity contribution < 1.29 is 9.84 Å². The fraction of sp³-hybridized carbons (Fsp3) is 0.571. The molecule has 17 heavy (non-hydrogen) atoms. The third kappa shape index (κ3) is 5.71. The first kappa shape index (κ1) is 14.0. The lowest BCUT2D eigenvalue weighted by molar-refractivity contribution is 0.0599. The lowest BCUT2D eigenvalue weighted by Gasteiger charge is -2.22. The van der Waals surface area contributed by atoms with Gasteiger partial charge in [0.15, 0.2) is 0 Å². The molecule has 3 heteroatoms. The number of methoxy groups -OCH3 is 1. The topological polar surface area (TPSA) is 32.7 Å². The molecule has 1 aromatic carbocycles. The van der Waals surface area contributed by atoms with Crippen LogP contribution in [0.5, 0.6) is 5.75 Å². The van der Waals surface area contributed by atoms with Gasteiger partial charge in [-0.3, -0.25) is 0 Å². The van der Waals surface area contributed by atoms with E-state index in [2.05, 4.69) is 18.0 Å². The first-order chi connectivity index (χ1) is 7.90. The van der Waals surface area contributed by atoms with Gasteiger partial charge >= 0.3 is 0 Å². The van der Waals surface area contributed by atoms with Crippen molar-refractivity contribution >= 4 is 0 Å². The van der Waals surface area contributed by atoms with E-state index < -0.39 is 5.60 Å². The largest absolute Gasteiger partial charge is 0.497 e. The van der Waals surface area contributed by atoms with Crippen molar-refractivity contribution in [1.29, 1.82) is 0 Å². The zero-order valence-electron chi connectivity index (χ0n) is 11.2. The van der Waals surface area contributed by atoms with Crippen LogP contribution in [0.3, 0.4) is 0 Å². The molecule has 0 aliphatic carbocycles. The van der Waals surface area contributed by atoms with E-state index in [0.29, 0.717) is 0 Å². The average molecular weight is 237 g/mol. The van der Waals surface area contributed by atoms with Crippen LogP contribution in [0.4, 0.5) is 0 Å². The summed E-state index contributed by atoms with van der Waals surface area (Å²) < 4.78 is 5.19. The summed E-state index contributed by atoms with van der Waals surface area (Å²) in [4.78, 5) is 2.20. The molecule has 0 aromatic heterocycles. The minimum atomic E-state index is -0.595. The highest BCUT2D eigenvalue weighted by Crippen LogP contribution is 2.15. The molecule has 0 aliphatic rings. The first-order valence-electron chi connectivity index (χ1n) is 5.94. The Morgan fingerprint density at radius 1 is 1.35 bits per heavy atom.